The van der Waals surface area contributed by atoms with Crippen molar-refractivity contribution in [2.24, 2.45) is 0 Å². The summed E-state index contributed by atoms with van der Waals surface area (Å²) in [5.41, 5.74) is -2.14. The molecule has 1 aromatic carbocycles. The Balaban J connectivity index is 2.68. The lowest BCUT2D eigenvalue weighted by Crippen LogP contribution is -2.32. The second kappa shape index (κ2) is 6.30. The molecule has 0 bridgehead atoms. The van der Waals surface area contributed by atoms with E-state index in [2.05, 4.69) is 21.0 Å². The van der Waals surface area contributed by atoms with Crippen LogP contribution in [0.25, 0.3) is 0 Å². The molecule has 0 saturated carbocycles. The Morgan fingerprint density at radius 2 is 1.88 bits per heavy atom. The molecule has 0 aliphatic heterocycles. The molecule has 0 aliphatic rings. The van der Waals surface area contributed by atoms with Crippen molar-refractivity contribution < 1.29 is 26.4 Å². The van der Waals surface area contributed by atoms with Crippen LogP contribution in [-0.2, 0) is 16.4 Å². The Labute approximate surface area is 144 Å². The average Bonchev–Trinajstić information content (AvgIpc) is 2.92. The number of hydrogen-bond donors (Lipinski definition) is 0. The van der Waals surface area contributed by atoms with E-state index in [-0.39, 0.29) is 9.65 Å². The number of alkyl halides is 3. The summed E-state index contributed by atoms with van der Waals surface area (Å²) in [6, 6.07) is 6.27. The summed E-state index contributed by atoms with van der Waals surface area (Å²) in [7, 11) is -2.16. The number of ketones is 1. The molecule has 130 valence electrons. The lowest BCUT2D eigenvalue weighted by Gasteiger charge is -2.13. The van der Waals surface area contributed by atoms with Crippen LogP contribution in [0.2, 0.25) is 0 Å². The van der Waals surface area contributed by atoms with Gasteiger partial charge in [-0.2, -0.15) is 31.0 Å². The van der Waals surface area contributed by atoms with Crippen molar-refractivity contribution >= 4 is 31.9 Å². The molecule has 2 rings (SSSR count). The van der Waals surface area contributed by atoms with Crippen molar-refractivity contribution in [3.05, 3.63) is 51.8 Å². The fourth-order valence-corrected chi connectivity index (χ4v) is 3.05. The summed E-state index contributed by atoms with van der Waals surface area (Å²) in [5.74, 6) is -0.898. The molecule has 24 heavy (non-hydrogen) atoms. The summed E-state index contributed by atoms with van der Waals surface area (Å²) < 4.78 is 64.4. The molecule has 0 aliphatic carbocycles. The highest BCUT2D eigenvalue weighted by molar-refractivity contribution is 9.10. The number of rotatable bonds is 4. The minimum absolute atomic E-state index is 0.0215. The molecule has 11 heteroatoms. The van der Waals surface area contributed by atoms with Gasteiger partial charge in [0.15, 0.2) is 5.69 Å². The summed E-state index contributed by atoms with van der Waals surface area (Å²) >= 11 is 3.14. The molecule has 0 amide bonds. The molecule has 0 fully saturated rings. The zero-order chi connectivity index (χ0) is 18.3. The first kappa shape index (κ1) is 18.6. The van der Waals surface area contributed by atoms with Crippen LogP contribution in [0.1, 0.15) is 21.7 Å². The van der Waals surface area contributed by atoms with Crippen molar-refractivity contribution in [3.8, 4) is 0 Å². The van der Waals surface area contributed by atoms with Gasteiger partial charge in [0.2, 0.25) is 5.78 Å². The summed E-state index contributed by atoms with van der Waals surface area (Å²) in [5, 5.41) is 3.07. The largest absolute Gasteiger partial charge is 0.435 e. The summed E-state index contributed by atoms with van der Waals surface area (Å²) in [4.78, 5) is 12.5. The third-order valence-electron chi connectivity index (χ3n) is 2.97. The van der Waals surface area contributed by atoms with Crippen LogP contribution in [0.3, 0.4) is 0 Å². The van der Waals surface area contributed by atoms with Crippen LogP contribution in [-0.4, -0.2) is 41.8 Å². The van der Waals surface area contributed by atoms with Gasteiger partial charge in [-0.15, -0.1) is 4.09 Å². The average molecular weight is 426 g/mol. The number of carbonyl (C=O) groups excluding carboxylic acids is 1. The van der Waals surface area contributed by atoms with Crippen LogP contribution in [0, 0.1) is 0 Å². The maximum atomic E-state index is 12.9. The Hall–Kier alpha value is -1.72. The first-order valence-electron chi connectivity index (χ1n) is 6.35. The predicted molar refractivity (Wildman–Crippen MR) is 82.8 cm³/mol. The highest BCUT2D eigenvalue weighted by atomic mass is 79.9. The summed E-state index contributed by atoms with van der Waals surface area (Å²) in [6.45, 7) is 0. The van der Waals surface area contributed by atoms with Crippen LogP contribution < -0.4 is 0 Å². The molecule has 0 radical (unpaired) electrons. The van der Waals surface area contributed by atoms with E-state index in [1.165, 1.54) is 18.2 Å². The quantitative estimate of drug-likeness (QED) is 0.705. The molecule has 0 spiro atoms. The van der Waals surface area contributed by atoms with Crippen molar-refractivity contribution in [3.63, 3.8) is 0 Å². The van der Waals surface area contributed by atoms with Gasteiger partial charge in [0, 0.05) is 30.2 Å². The van der Waals surface area contributed by atoms with Gasteiger partial charge in [-0.3, -0.25) is 4.79 Å². The van der Waals surface area contributed by atoms with Crippen molar-refractivity contribution in [1.82, 2.24) is 13.5 Å². The normalized spacial score (nSPS) is 12.6. The maximum Gasteiger partial charge on any atom is 0.435 e. The number of aromatic nitrogens is 2. The number of carbonyl (C=O) groups is 1. The first-order valence-corrected chi connectivity index (χ1v) is 8.54. The topological polar surface area (TPSA) is 72.3 Å². The monoisotopic (exact) mass is 425 g/mol. The van der Waals surface area contributed by atoms with Gasteiger partial charge in [0.25, 0.3) is 0 Å². The zero-order valence-corrected chi connectivity index (χ0v) is 14.8. The van der Waals surface area contributed by atoms with E-state index in [0.29, 0.717) is 14.8 Å². The van der Waals surface area contributed by atoms with Crippen LogP contribution in [0.15, 0.2) is 34.8 Å². The lowest BCUT2D eigenvalue weighted by molar-refractivity contribution is -0.141. The Kier molecular flexibility index (Phi) is 4.88. The van der Waals surface area contributed by atoms with Gasteiger partial charge < -0.3 is 0 Å². The van der Waals surface area contributed by atoms with Gasteiger partial charge in [-0.25, -0.2) is 0 Å². The minimum atomic E-state index is -4.89. The van der Waals surface area contributed by atoms with E-state index >= 15 is 0 Å². The second-order valence-electron chi connectivity index (χ2n) is 4.89. The smallest absolute Gasteiger partial charge is 0.287 e. The van der Waals surface area contributed by atoms with E-state index in [9.17, 15) is 26.4 Å². The van der Waals surface area contributed by atoms with Crippen molar-refractivity contribution in [1.29, 1.82) is 0 Å². The van der Waals surface area contributed by atoms with Gasteiger partial charge in [-0.05, 0) is 12.1 Å². The van der Waals surface area contributed by atoms with Gasteiger partial charge >= 0.3 is 16.4 Å². The van der Waals surface area contributed by atoms with Crippen LogP contribution in [0.4, 0.5) is 13.2 Å². The summed E-state index contributed by atoms with van der Waals surface area (Å²) in [6.07, 6.45) is -4.89. The van der Waals surface area contributed by atoms with Gasteiger partial charge in [0.1, 0.15) is 5.69 Å². The molecule has 0 saturated heterocycles. The third kappa shape index (κ3) is 3.52. The van der Waals surface area contributed by atoms with E-state index in [0.717, 1.165) is 14.1 Å². The molecule has 1 aromatic heterocycles. The van der Waals surface area contributed by atoms with Crippen molar-refractivity contribution in [2.45, 2.75) is 6.18 Å². The Morgan fingerprint density at radius 3 is 2.38 bits per heavy atom. The number of nitrogens with zero attached hydrogens (tertiary/aromatic N) is 3. The minimum Gasteiger partial charge on any atom is -0.287 e. The van der Waals surface area contributed by atoms with E-state index < -0.39 is 33.6 Å². The van der Waals surface area contributed by atoms with E-state index in [1.807, 2.05) is 0 Å². The van der Waals surface area contributed by atoms with Crippen LogP contribution in [0.5, 0.6) is 0 Å². The number of benzene rings is 1. The van der Waals surface area contributed by atoms with Gasteiger partial charge in [-0.1, -0.05) is 28.1 Å². The molecule has 0 N–H and O–H groups in total. The predicted octanol–water partition coefficient (Wildman–Crippen LogP) is 2.55. The fraction of sp³-hybridized carbons (Fsp3) is 0.231. The number of hydrogen-bond acceptors (Lipinski definition) is 4. The molecule has 2 aromatic rings. The molecule has 0 atom stereocenters. The first-order chi connectivity index (χ1) is 10.9. The second-order valence-corrected chi connectivity index (χ2v) is 7.77. The Bertz CT molecular complexity index is 891. The molecular formula is C13H11BrF3N3O3S. The highest BCUT2D eigenvalue weighted by Gasteiger charge is 2.38. The van der Waals surface area contributed by atoms with Gasteiger partial charge in [0.05, 0.1) is 0 Å². The zero-order valence-electron chi connectivity index (χ0n) is 12.4. The van der Waals surface area contributed by atoms with E-state index in [4.69, 9.17) is 0 Å². The number of halogens is 4. The standard InChI is InChI=1S/C13H11BrF3N3O3S/c1-19(2)24(22,23)20-10(7-11(18-20)13(15,16)17)12(21)8-4-3-5-9(14)6-8/h3-7H,1-2H3. The third-order valence-corrected chi connectivity index (χ3v) is 5.10. The van der Waals surface area contributed by atoms with Crippen molar-refractivity contribution in [2.75, 3.05) is 14.1 Å². The SMILES string of the molecule is CN(C)S(=O)(=O)n1nc(C(F)(F)F)cc1C(=O)c1cccc(Br)c1. The maximum absolute atomic E-state index is 12.9. The lowest BCUT2D eigenvalue weighted by atomic mass is 10.1. The molecule has 0 unspecified atom stereocenters. The van der Waals surface area contributed by atoms with Crippen LogP contribution >= 0.6 is 15.9 Å². The highest BCUT2D eigenvalue weighted by Crippen LogP contribution is 2.30. The fourth-order valence-electron chi connectivity index (χ4n) is 1.76. The molecule has 1 heterocycles. The molecular weight excluding hydrogens is 415 g/mol. The van der Waals surface area contributed by atoms with E-state index in [1.54, 1.807) is 6.07 Å². The molecule has 6 nitrogen and oxygen atoms in total. The Morgan fingerprint density at radius 1 is 1.25 bits per heavy atom.